The quantitative estimate of drug-likeness (QED) is 0.412. The van der Waals surface area contributed by atoms with Crippen LogP contribution in [0.1, 0.15) is 6.42 Å². The van der Waals surface area contributed by atoms with Crippen LogP contribution < -0.4 is 16.4 Å². The van der Waals surface area contributed by atoms with Gasteiger partial charge in [-0.25, -0.2) is 4.79 Å². The van der Waals surface area contributed by atoms with Crippen molar-refractivity contribution in [1.29, 1.82) is 0 Å². The molecule has 8 heteroatoms. The van der Waals surface area contributed by atoms with Crippen LogP contribution in [0.5, 0.6) is 0 Å². The van der Waals surface area contributed by atoms with E-state index in [1.165, 1.54) is 0 Å². The molecule has 0 aromatic carbocycles. The van der Waals surface area contributed by atoms with Crippen LogP contribution in [0, 0.1) is 0 Å². The molecule has 0 radical (unpaired) electrons. The lowest BCUT2D eigenvalue weighted by Gasteiger charge is -2.26. The molecule has 5 N–H and O–H groups in total. The normalized spacial score (nSPS) is 18.0. The molecule has 1 saturated heterocycles. The maximum Gasteiger partial charge on any atom is 0.326 e. The third-order valence-electron chi connectivity index (χ3n) is 2.62. The van der Waals surface area contributed by atoms with Crippen LogP contribution in [-0.2, 0) is 14.4 Å². The van der Waals surface area contributed by atoms with Gasteiger partial charge in [0.25, 0.3) is 0 Å². The molecule has 1 atom stereocenters. The van der Waals surface area contributed by atoms with Crippen molar-refractivity contribution in [1.82, 2.24) is 15.5 Å². The van der Waals surface area contributed by atoms with Gasteiger partial charge in [-0.2, -0.15) is 0 Å². The smallest absolute Gasteiger partial charge is 0.326 e. The van der Waals surface area contributed by atoms with E-state index in [1.807, 2.05) is 4.90 Å². The molecule has 1 heterocycles. The second-order valence-electron chi connectivity index (χ2n) is 4.15. The zero-order chi connectivity index (χ0) is 13.5. The lowest BCUT2D eigenvalue weighted by molar-refractivity contribution is -0.143. The molecule has 1 fully saturated rings. The van der Waals surface area contributed by atoms with Gasteiger partial charge in [0.1, 0.15) is 6.04 Å². The molecule has 0 aromatic heterocycles. The number of rotatable bonds is 6. The Morgan fingerprint density at radius 3 is 2.44 bits per heavy atom. The summed E-state index contributed by atoms with van der Waals surface area (Å²) in [6.07, 6.45) is -0.400. The van der Waals surface area contributed by atoms with Gasteiger partial charge in [-0.1, -0.05) is 0 Å². The minimum absolute atomic E-state index is 0.129. The molecular formula is C10H18N4O4. The fraction of sp³-hybridized carbons (Fsp3) is 0.700. The summed E-state index contributed by atoms with van der Waals surface area (Å²) in [5.74, 6) is -2.43. The number of primary amides is 1. The number of amides is 2. The van der Waals surface area contributed by atoms with Crippen LogP contribution in [0.3, 0.4) is 0 Å². The number of aliphatic carboxylic acids is 1. The van der Waals surface area contributed by atoms with E-state index in [4.69, 9.17) is 10.8 Å². The second-order valence-corrected chi connectivity index (χ2v) is 4.15. The molecule has 8 nitrogen and oxygen atoms in total. The highest BCUT2D eigenvalue weighted by Gasteiger charge is 2.23. The van der Waals surface area contributed by atoms with Crippen molar-refractivity contribution in [3.05, 3.63) is 0 Å². The topological polar surface area (TPSA) is 125 Å². The Kier molecular flexibility index (Phi) is 5.53. The second kappa shape index (κ2) is 6.92. The molecule has 102 valence electrons. The summed E-state index contributed by atoms with van der Waals surface area (Å²) in [5, 5.41) is 14.3. The highest BCUT2D eigenvalue weighted by atomic mass is 16.4. The monoisotopic (exact) mass is 258 g/mol. The summed E-state index contributed by atoms with van der Waals surface area (Å²) < 4.78 is 0. The molecule has 1 aliphatic rings. The lowest BCUT2D eigenvalue weighted by atomic mass is 10.2. The van der Waals surface area contributed by atoms with Gasteiger partial charge in [-0.15, -0.1) is 0 Å². The van der Waals surface area contributed by atoms with Crippen LogP contribution in [-0.4, -0.2) is 66.6 Å². The van der Waals surface area contributed by atoms with Gasteiger partial charge in [0.2, 0.25) is 11.8 Å². The fourth-order valence-electron chi connectivity index (χ4n) is 1.71. The zero-order valence-corrected chi connectivity index (χ0v) is 10.0. The molecule has 0 saturated carbocycles. The summed E-state index contributed by atoms with van der Waals surface area (Å²) in [6, 6.07) is -1.25. The number of carboxylic acids is 1. The Balaban J connectivity index is 2.40. The lowest BCUT2D eigenvalue weighted by Crippen LogP contribution is -2.50. The van der Waals surface area contributed by atoms with Crippen LogP contribution in [0.4, 0.5) is 0 Å². The van der Waals surface area contributed by atoms with Crippen molar-refractivity contribution in [2.24, 2.45) is 5.73 Å². The van der Waals surface area contributed by atoms with Crippen molar-refractivity contribution in [2.75, 3.05) is 32.7 Å². The summed E-state index contributed by atoms with van der Waals surface area (Å²) in [6.45, 7) is 3.21. The van der Waals surface area contributed by atoms with Crippen molar-refractivity contribution in [3.63, 3.8) is 0 Å². The van der Waals surface area contributed by atoms with Gasteiger partial charge < -0.3 is 21.5 Å². The van der Waals surface area contributed by atoms with E-state index >= 15 is 0 Å². The molecule has 0 unspecified atom stereocenters. The third kappa shape index (κ3) is 5.11. The molecule has 1 aliphatic heterocycles. The van der Waals surface area contributed by atoms with Crippen molar-refractivity contribution in [3.8, 4) is 0 Å². The Morgan fingerprint density at radius 2 is 1.94 bits per heavy atom. The number of nitrogens with one attached hydrogen (secondary N) is 2. The molecule has 0 bridgehead atoms. The molecule has 0 aromatic rings. The minimum Gasteiger partial charge on any atom is -0.480 e. The Bertz CT molecular complexity index is 328. The Hall–Kier alpha value is -1.67. The Morgan fingerprint density at radius 1 is 1.33 bits per heavy atom. The van der Waals surface area contributed by atoms with E-state index in [2.05, 4.69) is 10.6 Å². The molecule has 1 rings (SSSR count). The van der Waals surface area contributed by atoms with Gasteiger partial charge in [-0.3, -0.25) is 14.5 Å². The first-order valence-corrected chi connectivity index (χ1v) is 5.72. The zero-order valence-electron chi connectivity index (χ0n) is 10.0. The average Bonchev–Trinajstić information content (AvgIpc) is 2.28. The predicted molar refractivity (Wildman–Crippen MR) is 62.7 cm³/mol. The van der Waals surface area contributed by atoms with E-state index in [0.29, 0.717) is 0 Å². The van der Waals surface area contributed by atoms with Crippen LogP contribution in [0.15, 0.2) is 0 Å². The first kappa shape index (κ1) is 14.4. The van der Waals surface area contributed by atoms with E-state index in [1.54, 1.807) is 0 Å². The molecule has 0 aliphatic carbocycles. The maximum absolute atomic E-state index is 11.6. The van der Waals surface area contributed by atoms with Gasteiger partial charge in [-0.05, 0) is 0 Å². The Labute approximate surface area is 104 Å². The van der Waals surface area contributed by atoms with E-state index in [0.717, 1.165) is 26.2 Å². The summed E-state index contributed by atoms with van der Waals surface area (Å²) >= 11 is 0. The number of carbonyl (C=O) groups is 3. The number of hydrogen-bond donors (Lipinski definition) is 4. The van der Waals surface area contributed by atoms with Crippen molar-refractivity contribution >= 4 is 17.8 Å². The largest absolute Gasteiger partial charge is 0.480 e. The fourth-order valence-corrected chi connectivity index (χ4v) is 1.71. The number of hydrogen-bond acceptors (Lipinski definition) is 5. The van der Waals surface area contributed by atoms with Gasteiger partial charge in [0.05, 0.1) is 13.0 Å². The first-order valence-electron chi connectivity index (χ1n) is 5.72. The number of nitrogens with two attached hydrogens (primary N) is 1. The molecular weight excluding hydrogens is 240 g/mol. The first-order chi connectivity index (χ1) is 8.49. The number of carboxylic acid groups (broad SMARTS) is 1. The number of carbonyl (C=O) groups excluding carboxylic acids is 2. The summed E-state index contributed by atoms with van der Waals surface area (Å²) in [7, 11) is 0. The van der Waals surface area contributed by atoms with Gasteiger partial charge in [0.15, 0.2) is 0 Å². The maximum atomic E-state index is 11.6. The van der Waals surface area contributed by atoms with Crippen molar-refractivity contribution in [2.45, 2.75) is 12.5 Å². The summed E-state index contributed by atoms with van der Waals surface area (Å²) in [4.78, 5) is 35.0. The number of piperazine rings is 1. The van der Waals surface area contributed by atoms with Crippen LogP contribution in [0.25, 0.3) is 0 Å². The van der Waals surface area contributed by atoms with E-state index in [-0.39, 0.29) is 6.54 Å². The minimum atomic E-state index is -1.26. The van der Waals surface area contributed by atoms with E-state index < -0.39 is 30.2 Å². The van der Waals surface area contributed by atoms with Gasteiger partial charge >= 0.3 is 5.97 Å². The molecule has 2 amide bonds. The molecule has 18 heavy (non-hydrogen) atoms. The average molecular weight is 258 g/mol. The van der Waals surface area contributed by atoms with Crippen LogP contribution >= 0.6 is 0 Å². The number of nitrogens with zero attached hydrogens (tertiary/aromatic N) is 1. The highest BCUT2D eigenvalue weighted by Crippen LogP contribution is 1.95. The van der Waals surface area contributed by atoms with Crippen molar-refractivity contribution < 1.29 is 19.5 Å². The van der Waals surface area contributed by atoms with Gasteiger partial charge in [0, 0.05) is 26.2 Å². The van der Waals surface area contributed by atoms with E-state index in [9.17, 15) is 14.4 Å². The highest BCUT2D eigenvalue weighted by molar-refractivity contribution is 5.88. The third-order valence-corrected chi connectivity index (χ3v) is 2.62. The van der Waals surface area contributed by atoms with Crippen LogP contribution in [0.2, 0.25) is 0 Å². The molecule has 0 spiro atoms. The standard InChI is InChI=1S/C10H18N4O4/c11-8(15)5-7(10(17)18)13-9(16)6-14-3-1-12-2-4-14/h7,12H,1-6H2,(H2,11,15)(H,13,16)(H,17,18)/t7-/m0/s1. The summed E-state index contributed by atoms with van der Waals surface area (Å²) in [5.41, 5.74) is 4.92. The predicted octanol–water partition coefficient (Wildman–Crippen LogP) is -2.66. The SMILES string of the molecule is NC(=O)C[C@H](NC(=O)CN1CCNCC1)C(=O)O.